The van der Waals surface area contributed by atoms with Gasteiger partial charge in [0.1, 0.15) is 5.82 Å². The van der Waals surface area contributed by atoms with Crippen molar-refractivity contribution in [2.24, 2.45) is 5.92 Å². The predicted molar refractivity (Wildman–Crippen MR) is 70.7 cm³/mol. The van der Waals surface area contributed by atoms with Gasteiger partial charge in [-0.05, 0) is 18.8 Å². The monoisotopic (exact) mass is 271 g/mol. The molecule has 18 heavy (non-hydrogen) atoms. The van der Waals surface area contributed by atoms with E-state index in [1.54, 1.807) is 0 Å². The van der Waals surface area contributed by atoms with Crippen molar-refractivity contribution < 1.29 is 8.42 Å². The molecule has 0 amide bonds. The van der Waals surface area contributed by atoms with Crippen LogP contribution in [0.4, 0.5) is 0 Å². The number of aromatic nitrogens is 2. The molecule has 1 N–H and O–H groups in total. The van der Waals surface area contributed by atoms with Gasteiger partial charge in [0.2, 0.25) is 10.0 Å². The SMILES string of the molecule is CCCCS(=O)(=O)NC[C@@H]1CCc2nccn2C1. The van der Waals surface area contributed by atoms with Gasteiger partial charge in [0, 0.05) is 31.9 Å². The maximum Gasteiger partial charge on any atom is 0.211 e. The molecule has 0 bridgehead atoms. The summed E-state index contributed by atoms with van der Waals surface area (Å²) >= 11 is 0. The van der Waals surface area contributed by atoms with Crippen molar-refractivity contribution in [3.05, 3.63) is 18.2 Å². The lowest BCUT2D eigenvalue weighted by Gasteiger charge is -2.23. The standard InChI is InChI=1S/C12H21N3O2S/c1-2-3-8-18(16,17)14-9-11-4-5-12-13-6-7-15(12)10-11/h6-7,11,14H,2-5,8-10H2,1H3/t11-/m0/s1. The van der Waals surface area contributed by atoms with E-state index in [2.05, 4.69) is 14.3 Å². The first-order valence-corrected chi connectivity index (χ1v) is 8.23. The van der Waals surface area contributed by atoms with Crippen molar-refractivity contribution in [3.63, 3.8) is 0 Å². The van der Waals surface area contributed by atoms with Crippen LogP contribution in [0.2, 0.25) is 0 Å². The third-order valence-corrected chi connectivity index (χ3v) is 4.82. The molecular formula is C12H21N3O2S. The van der Waals surface area contributed by atoms with E-state index < -0.39 is 10.0 Å². The largest absolute Gasteiger partial charge is 0.335 e. The molecule has 0 saturated carbocycles. The number of aryl methyl sites for hydroxylation is 1. The number of hydrogen-bond acceptors (Lipinski definition) is 3. The number of imidazole rings is 1. The summed E-state index contributed by atoms with van der Waals surface area (Å²) in [5, 5.41) is 0. The van der Waals surface area contributed by atoms with Crippen LogP contribution >= 0.6 is 0 Å². The highest BCUT2D eigenvalue weighted by molar-refractivity contribution is 7.89. The fourth-order valence-corrected chi connectivity index (χ4v) is 3.56. The third-order valence-electron chi connectivity index (χ3n) is 3.39. The maximum atomic E-state index is 11.7. The van der Waals surface area contributed by atoms with Gasteiger partial charge >= 0.3 is 0 Å². The highest BCUT2D eigenvalue weighted by atomic mass is 32.2. The number of sulfonamides is 1. The van der Waals surface area contributed by atoms with Gasteiger partial charge in [0.25, 0.3) is 0 Å². The minimum Gasteiger partial charge on any atom is -0.335 e. The van der Waals surface area contributed by atoms with Crippen LogP contribution in [-0.2, 0) is 23.0 Å². The lowest BCUT2D eigenvalue weighted by Crippen LogP contribution is -2.34. The zero-order valence-corrected chi connectivity index (χ0v) is 11.6. The van der Waals surface area contributed by atoms with Crippen LogP contribution in [0.3, 0.4) is 0 Å². The predicted octanol–water partition coefficient (Wildman–Crippen LogP) is 1.16. The molecule has 0 aliphatic carbocycles. The highest BCUT2D eigenvalue weighted by Gasteiger charge is 2.20. The van der Waals surface area contributed by atoms with Crippen LogP contribution in [0.15, 0.2) is 12.4 Å². The number of nitrogens with zero attached hydrogens (tertiary/aromatic N) is 2. The van der Waals surface area contributed by atoms with E-state index in [1.807, 2.05) is 19.3 Å². The smallest absolute Gasteiger partial charge is 0.211 e. The number of fused-ring (bicyclic) bond motifs is 1. The Morgan fingerprint density at radius 3 is 3.17 bits per heavy atom. The molecule has 2 rings (SSSR count). The lowest BCUT2D eigenvalue weighted by molar-refractivity contribution is 0.363. The average molecular weight is 271 g/mol. The van der Waals surface area contributed by atoms with E-state index in [-0.39, 0.29) is 5.75 Å². The molecule has 0 fully saturated rings. The van der Waals surface area contributed by atoms with Crippen LogP contribution in [0.1, 0.15) is 32.0 Å². The van der Waals surface area contributed by atoms with Gasteiger partial charge in [-0.3, -0.25) is 0 Å². The number of unbranched alkanes of at least 4 members (excludes halogenated alkanes) is 1. The van der Waals surface area contributed by atoms with E-state index in [1.165, 1.54) is 0 Å². The third kappa shape index (κ3) is 3.55. The van der Waals surface area contributed by atoms with E-state index in [0.29, 0.717) is 12.5 Å². The summed E-state index contributed by atoms with van der Waals surface area (Å²) in [5.41, 5.74) is 0. The topological polar surface area (TPSA) is 64.0 Å². The minimum atomic E-state index is -3.08. The van der Waals surface area contributed by atoms with Crippen molar-refractivity contribution in [2.75, 3.05) is 12.3 Å². The quantitative estimate of drug-likeness (QED) is 0.844. The number of nitrogens with one attached hydrogen (secondary N) is 1. The zero-order valence-electron chi connectivity index (χ0n) is 10.8. The molecule has 1 aliphatic rings. The van der Waals surface area contributed by atoms with Crippen molar-refractivity contribution >= 4 is 10.0 Å². The Bertz CT molecular complexity index is 481. The van der Waals surface area contributed by atoms with E-state index in [0.717, 1.165) is 38.1 Å². The summed E-state index contributed by atoms with van der Waals surface area (Å²) < 4.78 is 28.2. The lowest BCUT2D eigenvalue weighted by atomic mass is 10.00. The van der Waals surface area contributed by atoms with E-state index in [4.69, 9.17) is 0 Å². The zero-order chi connectivity index (χ0) is 13.0. The summed E-state index contributed by atoms with van der Waals surface area (Å²) in [6.45, 7) is 3.41. The molecule has 2 heterocycles. The van der Waals surface area contributed by atoms with Crippen LogP contribution in [-0.4, -0.2) is 30.3 Å². The Kier molecular flexibility index (Phi) is 4.40. The second kappa shape index (κ2) is 5.84. The summed E-state index contributed by atoms with van der Waals surface area (Å²) in [5.74, 6) is 1.73. The summed E-state index contributed by atoms with van der Waals surface area (Å²) in [4.78, 5) is 4.26. The molecule has 0 saturated heterocycles. The molecule has 0 spiro atoms. The van der Waals surface area contributed by atoms with Crippen molar-refractivity contribution in [3.8, 4) is 0 Å². The average Bonchev–Trinajstić information content (AvgIpc) is 2.81. The Labute approximate surface area is 109 Å². The fourth-order valence-electron chi connectivity index (χ4n) is 2.26. The first-order chi connectivity index (χ1) is 8.61. The van der Waals surface area contributed by atoms with E-state index >= 15 is 0 Å². The van der Waals surface area contributed by atoms with Gasteiger partial charge < -0.3 is 4.57 Å². The van der Waals surface area contributed by atoms with Gasteiger partial charge in [-0.15, -0.1) is 0 Å². The molecule has 5 nitrogen and oxygen atoms in total. The molecule has 1 atom stereocenters. The Morgan fingerprint density at radius 2 is 2.39 bits per heavy atom. The van der Waals surface area contributed by atoms with Gasteiger partial charge in [0.05, 0.1) is 5.75 Å². The minimum absolute atomic E-state index is 0.243. The van der Waals surface area contributed by atoms with Crippen molar-refractivity contribution in [1.29, 1.82) is 0 Å². The molecule has 0 unspecified atom stereocenters. The molecule has 0 aromatic carbocycles. The van der Waals surface area contributed by atoms with Crippen LogP contribution in [0.25, 0.3) is 0 Å². The van der Waals surface area contributed by atoms with E-state index in [9.17, 15) is 8.42 Å². The molecule has 6 heteroatoms. The van der Waals surface area contributed by atoms with Gasteiger partial charge in [-0.2, -0.15) is 0 Å². The molecule has 1 aromatic heterocycles. The van der Waals surface area contributed by atoms with Gasteiger partial charge in [-0.1, -0.05) is 13.3 Å². The normalized spacial score (nSPS) is 19.7. The first kappa shape index (κ1) is 13.5. The molecule has 102 valence electrons. The van der Waals surface area contributed by atoms with Crippen molar-refractivity contribution in [1.82, 2.24) is 14.3 Å². The first-order valence-electron chi connectivity index (χ1n) is 6.58. The summed E-state index contributed by atoms with van der Waals surface area (Å²) in [6, 6.07) is 0. The van der Waals surface area contributed by atoms with Crippen molar-refractivity contribution in [2.45, 2.75) is 39.2 Å². The van der Waals surface area contributed by atoms with Crippen LogP contribution < -0.4 is 4.72 Å². The molecule has 0 radical (unpaired) electrons. The Hall–Kier alpha value is -0.880. The highest BCUT2D eigenvalue weighted by Crippen LogP contribution is 2.18. The second-order valence-electron chi connectivity index (χ2n) is 4.92. The maximum absolute atomic E-state index is 11.7. The molecular weight excluding hydrogens is 250 g/mol. The summed E-state index contributed by atoms with van der Waals surface area (Å²) in [7, 11) is -3.08. The molecule has 1 aromatic rings. The molecule has 1 aliphatic heterocycles. The van der Waals surface area contributed by atoms with Gasteiger partial charge in [0.15, 0.2) is 0 Å². The van der Waals surface area contributed by atoms with Crippen LogP contribution in [0.5, 0.6) is 0 Å². The summed E-state index contributed by atoms with van der Waals surface area (Å²) in [6.07, 6.45) is 7.35. The van der Waals surface area contributed by atoms with Gasteiger partial charge in [-0.25, -0.2) is 18.1 Å². The number of hydrogen-bond donors (Lipinski definition) is 1. The number of rotatable bonds is 6. The Balaban J connectivity index is 1.82. The Morgan fingerprint density at radius 1 is 1.56 bits per heavy atom. The van der Waals surface area contributed by atoms with Crippen LogP contribution in [0, 0.1) is 5.92 Å². The second-order valence-corrected chi connectivity index (χ2v) is 6.85. The fraction of sp³-hybridized carbons (Fsp3) is 0.750.